The van der Waals surface area contributed by atoms with Crippen LogP contribution in [0, 0.1) is 0 Å². The van der Waals surface area contributed by atoms with Crippen LogP contribution in [-0.2, 0) is 32.1 Å². The van der Waals surface area contributed by atoms with Gasteiger partial charge in [-0.1, -0.05) is 60.7 Å². The lowest BCUT2D eigenvalue weighted by Gasteiger charge is -2.51. The third kappa shape index (κ3) is 3.91. The summed E-state index contributed by atoms with van der Waals surface area (Å²) in [7, 11) is 1.28. The van der Waals surface area contributed by atoms with Crippen LogP contribution in [0.5, 0.6) is 0 Å². The molecule has 1 N–H and O–H groups in total. The minimum atomic E-state index is -1.03. The summed E-state index contributed by atoms with van der Waals surface area (Å²) in [6, 6.07) is 18.3. The highest BCUT2D eigenvalue weighted by Crippen LogP contribution is 2.37. The van der Waals surface area contributed by atoms with Gasteiger partial charge in [0.05, 0.1) is 13.5 Å². The first-order valence-corrected chi connectivity index (χ1v) is 9.23. The second kappa shape index (κ2) is 8.25. The Kier molecular flexibility index (Phi) is 5.78. The van der Waals surface area contributed by atoms with Crippen molar-refractivity contribution in [2.45, 2.75) is 37.9 Å². The van der Waals surface area contributed by atoms with Crippen LogP contribution in [0.25, 0.3) is 0 Å². The van der Waals surface area contributed by atoms with Crippen LogP contribution in [-0.4, -0.2) is 41.4 Å². The number of methoxy groups -OCH3 is 1. The molecule has 3 rings (SSSR count). The number of β-lactam (4-membered cyclic amide) rings is 1. The Labute approximate surface area is 164 Å². The summed E-state index contributed by atoms with van der Waals surface area (Å²) in [5, 5.41) is 2.72. The van der Waals surface area contributed by atoms with E-state index in [-0.39, 0.29) is 18.2 Å². The first-order chi connectivity index (χ1) is 13.5. The molecule has 1 heterocycles. The number of nitrogens with one attached hydrogen (secondary N) is 1. The Morgan fingerprint density at radius 1 is 1.07 bits per heavy atom. The number of rotatable bonds is 7. The Morgan fingerprint density at radius 2 is 1.64 bits per heavy atom. The molecule has 0 radical (unpaired) electrons. The van der Waals surface area contributed by atoms with Gasteiger partial charge in [0.2, 0.25) is 11.8 Å². The summed E-state index contributed by atoms with van der Waals surface area (Å²) in [5.74, 6) is -0.950. The summed E-state index contributed by atoms with van der Waals surface area (Å²) in [4.78, 5) is 39.1. The standard InChI is InChI=1S/C22H24N2O4/c1-16(20(26)28-2)23-21(27)22(13-17-9-5-3-6-10-17)14-19(25)24(22)15-18-11-7-4-8-12-18/h3-12,16H,13-15H2,1-2H3,(H,23,27)/t16-,22-/m0/s1. The van der Waals surface area contributed by atoms with Gasteiger partial charge in [0.1, 0.15) is 11.6 Å². The smallest absolute Gasteiger partial charge is 0.328 e. The quantitative estimate of drug-likeness (QED) is 0.589. The molecule has 0 spiro atoms. The van der Waals surface area contributed by atoms with E-state index < -0.39 is 17.6 Å². The maximum Gasteiger partial charge on any atom is 0.328 e. The number of carbonyl (C=O) groups is 3. The molecule has 2 amide bonds. The average molecular weight is 380 g/mol. The number of benzene rings is 2. The minimum Gasteiger partial charge on any atom is -0.467 e. The zero-order valence-electron chi connectivity index (χ0n) is 16.1. The Hall–Kier alpha value is -3.15. The number of amides is 2. The highest BCUT2D eigenvalue weighted by Gasteiger charge is 2.56. The van der Waals surface area contributed by atoms with Crippen LogP contribution in [0.15, 0.2) is 60.7 Å². The predicted octanol–water partition coefficient (Wildman–Crippen LogP) is 2.08. The molecule has 28 heavy (non-hydrogen) atoms. The van der Waals surface area contributed by atoms with Gasteiger partial charge in [0.25, 0.3) is 0 Å². The summed E-state index contributed by atoms with van der Waals surface area (Å²) < 4.78 is 4.70. The molecule has 0 aliphatic carbocycles. The van der Waals surface area contributed by atoms with E-state index in [0.717, 1.165) is 11.1 Å². The lowest BCUT2D eigenvalue weighted by Crippen LogP contribution is -2.71. The highest BCUT2D eigenvalue weighted by molar-refractivity contribution is 6.02. The molecule has 0 unspecified atom stereocenters. The van der Waals surface area contributed by atoms with Crippen molar-refractivity contribution in [1.82, 2.24) is 10.2 Å². The number of carbonyl (C=O) groups excluding carboxylic acids is 3. The molecular weight excluding hydrogens is 356 g/mol. The number of likely N-dealkylation sites (tertiary alicyclic amines) is 1. The van der Waals surface area contributed by atoms with Crippen LogP contribution < -0.4 is 5.32 Å². The molecular formula is C22H24N2O4. The molecule has 1 aliphatic rings. The van der Waals surface area contributed by atoms with Crippen LogP contribution in [0.1, 0.15) is 24.5 Å². The van der Waals surface area contributed by atoms with Crippen LogP contribution in [0.4, 0.5) is 0 Å². The Balaban J connectivity index is 1.89. The van der Waals surface area contributed by atoms with Gasteiger partial charge in [0.15, 0.2) is 0 Å². The number of nitrogens with zero attached hydrogens (tertiary/aromatic N) is 1. The lowest BCUT2D eigenvalue weighted by atomic mass is 9.77. The zero-order valence-corrected chi connectivity index (χ0v) is 16.1. The van der Waals surface area contributed by atoms with E-state index >= 15 is 0 Å². The first-order valence-electron chi connectivity index (χ1n) is 9.23. The maximum absolute atomic E-state index is 13.2. The molecule has 0 bridgehead atoms. The predicted molar refractivity (Wildman–Crippen MR) is 104 cm³/mol. The van der Waals surface area contributed by atoms with E-state index in [0.29, 0.717) is 13.0 Å². The van der Waals surface area contributed by atoms with Crippen molar-refractivity contribution >= 4 is 17.8 Å². The first kappa shape index (κ1) is 19.6. The fourth-order valence-corrected chi connectivity index (χ4v) is 3.54. The van der Waals surface area contributed by atoms with E-state index in [9.17, 15) is 14.4 Å². The van der Waals surface area contributed by atoms with Crippen LogP contribution >= 0.6 is 0 Å². The van der Waals surface area contributed by atoms with E-state index in [1.54, 1.807) is 11.8 Å². The number of esters is 1. The monoisotopic (exact) mass is 380 g/mol. The van der Waals surface area contributed by atoms with Gasteiger partial charge in [-0.15, -0.1) is 0 Å². The Morgan fingerprint density at radius 3 is 2.18 bits per heavy atom. The molecule has 1 fully saturated rings. The van der Waals surface area contributed by atoms with Gasteiger partial charge in [0, 0.05) is 13.0 Å². The number of hydrogen-bond acceptors (Lipinski definition) is 4. The second-order valence-corrected chi connectivity index (χ2v) is 7.05. The molecule has 2 aromatic carbocycles. The summed E-state index contributed by atoms with van der Waals surface area (Å²) in [6.07, 6.45) is 0.487. The second-order valence-electron chi connectivity index (χ2n) is 7.05. The largest absolute Gasteiger partial charge is 0.467 e. The van der Waals surface area contributed by atoms with Gasteiger partial charge < -0.3 is 15.0 Å². The molecule has 2 aromatic rings. The van der Waals surface area contributed by atoms with E-state index in [1.807, 2.05) is 60.7 Å². The zero-order chi connectivity index (χ0) is 20.1. The summed E-state index contributed by atoms with van der Waals surface area (Å²) >= 11 is 0. The summed E-state index contributed by atoms with van der Waals surface area (Å²) in [5.41, 5.74) is 0.868. The van der Waals surface area contributed by atoms with Gasteiger partial charge in [-0.25, -0.2) is 4.79 Å². The van der Waals surface area contributed by atoms with Crippen molar-refractivity contribution in [2.75, 3.05) is 7.11 Å². The van der Waals surface area contributed by atoms with E-state index in [4.69, 9.17) is 4.74 Å². The van der Waals surface area contributed by atoms with Crippen LogP contribution in [0.2, 0.25) is 0 Å². The van der Waals surface area contributed by atoms with Crippen molar-refractivity contribution in [3.05, 3.63) is 71.8 Å². The molecule has 1 saturated heterocycles. The normalized spacial score (nSPS) is 19.5. The fraction of sp³-hybridized carbons (Fsp3) is 0.318. The molecule has 6 nitrogen and oxygen atoms in total. The molecule has 1 aliphatic heterocycles. The van der Waals surface area contributed by atoms with Crippen LogP contribution in [0.3, 0.4) is 0 Å². The molecule has 0 saturated carbocycles. The third-order valence-electron chi connectivity index (χ3n) is 5.11. The van der Waals surface area contributed by atoms with Gasteiger partial charge in [-0.3, -0.25) is 9.59 Å². The topological polar surface area (TPSA) is 75.7 Å². The summed E-state index contributed by atoms with van der Waals surface area (Å²) in [6.45, 7) is 1.91. The Bertz CT molecular complexity index is 853. The van der Waals surface area contributed by atoms with E-state index in [2.05, 4.69) is 5.32 Å². The molecule has 146 valence electrons. The van der Waals surface area contributed by atoms with Crippen molar-refractivity contribution < 1.29 is 19.1 Å². The molecule has 0 aromatic heterocycles. The average Bonchev–Trinajstić information content (AvgIpc) is 2.72. The SMILES string of the molecule is COC(=O)[C@H](C)NC(=O)[C@]1(Cc2ccccc2)CC(=O)N1Cc1ccccc1. The number of hydrogen-bond donors (Lipinski definition) is 1. The van der Waals surface area contributed by atoms with Crippen molar-refractivity contribution in [3.63, 3.8) is 0 Å². The fourth-order valence-electron chi connectivity index (χ4n) is 3.54. The maximum atomic E-state index is 13.2. The minimum absolute atomic E-state index is 0.0827. The number of ether oxygens (including phenoxy) is 1. The molecule has 2 atom stereocenters. The van der Waals surface area contributed by atoms with Crippen molar-refractivity contribution in [2.24, 2.45) is 0 Å². The highest BCUT2D eigenvalue weighted by atomic mass is 16.5. The lowest BCUT2D eigenvalue weighted by molar-refractivity contribution is -0.168. The van der Waals surface area contributed by atoms with Gasteiger partial charge >= 0.3 is 5.97 Å². The molecule has 6 heteroatoms. The third-order valence-corrected chi connectivity index (χ3v) is 5.11. The van der Waals surface area contributed by atoms with Gasteiger partial charge in [-0.2, -0.15) is 0 Å². The van der Waals surface area contributed by atoms with E-state index in [1.165, 1.54) is 7.11 Å². The van der Waals surface area contributed by atoms with Crippen molar-refractivity contribution in [3.8, 4) is 0 Å². The van der Waals surface area contributed by atoms with Gasteiger partial charge in [-0.05, 0) is 18.1 Å². The van der Waals surface area contributed by atoms with Crippen molar-refractivity contribution in [1.29, 1.82) is 0 Å².